The monoisotopic (exact) mass is 417 g/mol. The molecule has 6 nitrogen and oxygen atoms in total. The van der Waals surface area contributed by atoms with E-state index in [9.17, 15) is 4.79 Å². The van der Waals surface area contributed by atoms with Gasteiger partial charge in [0.25, 0.3) is 5.88 Å². The molecule has 3 aromatic rings. The zero-order chi connectivity index (χ0) is 20.3. The highest BCUT2D eigenvalue weighted by Crippen LogP contribution is 2.38. The van der Waals surface area contributed by atoms with E-state index in [-0.39, 0.29) is 11.6 Å². The zero-order valence-corrected chi connectivity index (χ0v) is 17.0. The van der Waals surface area contributed by atoms with Gasteiger partial charge in [-0.2, -0.15) is 4.98 Å². The topological polar surface area (TPSA) is 64.6 Å². The highest BCUT2D eigenvalue weighted by Gasteiger charge is 2.21. The maximum absolute atomic E-state index is 12.1. The Morgan fingerprint density at radius 1 is 1.04 bits per heavy atom. The molecule has 1 heterocycles. The molecule has 3 rings (SSSR count). The van der Waals surface area contributed by atoms with Crippen LogP contribution in [0.5, 0.6) is 17.4 Å². The molecule has 1 amide bonds. The number of rotatable bonds is 4. The normalized spacial score (nSPS) is 10.5. The number of carbonyl (C=O) groups is 1. The van der Waals surface area contributed by atoms with Gasteiger partial charge in [0.05, 0.1) is 10.7 Å². The molecule has 0 bridgehead atoms. The molecule has 144 valence electrons. The first kappa shape index (κ1) is 19.9. The number of amides is 1. The minimum Gasteiger partial charge on any atom is -0.448 e. The average molecular weight is 418 g/mol. The number of nitrogens with zero attached hydrogens (tertiary/aromatic N) is 3. The quantitative estimate of drug-likeness (QED) is 0.551. The van der Waals surface area contributed by atoms with E-state index in [1.54, 1.807) is 39.2 Å². The van der Waals surface area contributed by atoms with Crippen molar-refractivity contribution in [2.75, 3.05) is 14.1 Å². The summed E-state index contributed by atoms with van der Waals surface area (Å²) < 4.78 is 11.3. The number of benzene rings is 2. The molecule has 0 atom stereocenters. The average Bonchev–Trinajstić information content (AvgIpc) is 2.66. The molecule has 0 N–H and O–H groups in total. The van der Waals surface area contributed by atoms with Crippen molar-refractivity contribution in [1.29, 1.82) is 0 Å². The summed E-state index contributed by atoms with van der Waals surface area (Å²) in [6.07, 6.45) is -0.593. The SMILES string of the molecule is Cc1nc(-c2ccccc2)nc(OC(=O)N(C)C)c1Oc1ccc(Cl)cc1Cl. The van der Waals surface area contributed by atoms with E-state index in [4.69, 9.17) is 32.7 Å². The fourth-order valence-corrected chi connectivity index (χ4v) is 2.73. The van der Waals surface area contributed by atoms with Crippen LogP contribution in [0.4, 0.5) is 4.79 Å². The Kier molecular flexibility index (Phi) is 6.02. The number of aromatic nitrogens is 2. The van der Waals surface area contributed by atoms with Gasteiger partial charge < -0.3 is 14.4 Å². The molecule has 8 heteroatoms. The van der Waals surface area contributed by atoms with Gasteiger partial charge in [-0.1, -0.05) is 53.5 Å². The summed E-state index contributed by atoms with van der Waals surface area (Å²) >= 11 is 12.1. The molecular formula is C20H17Cl2N3O3. The minimum absolute atomic E-state index is 0.00364. The Bertz CT molecular complexity index is 1010. The summed E-state index contributed by atoms with van der Waals surface area (Å²) in [6, 6.07) is 14.2. The summed E-state index contributed by atoms with van der Waals surface area (Å²) in [5, 5.41) is 0.785. The van der Waals surface area contributed by atoms with Crippen molar-refractivity contribution in [3.8, 4) is 28.8 Å². The Balaban J connectivity index is 2.07. The van der Waals surface area contributed by atoms with Crippen molar-refractivity contribution in [3.63, 3.8) is 0 Å². The van der Waals surface area contributed by atoms with Crippen molar-refractivity contribution < 1.29 is 14.3 Å². The molecule has 0 aliphatic rings. The van der Waals surface area contributed by atoms with Gasteiger partial charge in [-0.3, -0.25) is 0 Å². The number of halogens is 2. The van der Waals surface area contributed by atoms with Crippen LogP contribution >= 0.6 is 23.2 Å². The summed E-state index contributed by atoms with van der Waals surface area (Å²) in [5.41, 5.74) is 1.27. The molecule has 28 heavy (non-hydrogen) atoms. The van der Waals surface area contributed by atoms with Gasteiger partial charge in [-0.25, -0.2) is 9.78 Å². The van der Waals surface area contributed by atoms with Crippen LogP contribution in [-0.4, -0.2) is 35.1 Å². The van der Waals surface area contributed by atoms with Crippen molar-refractivity contribution in [3.05, 3.63) is 64.3 Å². The molecule has 0 radical (unpaired) electrons. The Morgan fingerprint density at radius 2 is 1.75 bits per heavy atom. The third-order valence-corrected chi connectivity index (χ3v) is 4.22. The highest BCUT2D eigenvalue weighted by atomic mass is 35.5. The molecule has 1 aromatic heterocycles. The van der Waals surface area contributed by atoms with Crippen LogP contribution in [0.3, 0.4) is 0 Å². The maximum atomic E-state index is 12.1. The van der Waals surface area contributed by atoms with Crippen LogP contribution in [0, 0.1) is 6.92 Å². The van der Waals surface area contributed by atoms with Gasteiger partial charge in [-0.15, -0.1) is 0 Å². The second-order valence-electron chi connectivity index (χ2n) is 6.07. The van der Waals surface area contributed by atoms with Gasteiger partial charge in [0.15, 0.2) is 5.82 Å². The van der Waals surface area contributed by atoms with Crippen molar-refractivity contribution in [2.24, 2.45) is 0 Å². The fourth-order valence-electron chi connectivity index (χ4n) is 2.28. The second kappa shape index (κ2) is 8.46. The lowest BCUT2D eigenvalue weighted by Crippen LogP contribution is -2.26. The Hall–Kier alpha value is -2.83. The lowest BCUT2D eigenvalue weighted by atomic mass is 10.2. The Morgan fingerprint density at radius 3 is 2.39 bits per heavy atom. The van der Waals surface area contributed by atoms with Gasteiger partial charge in [-0.05, 0) is 25.1 Å². The van der Waals surface area contributed by atoms with Crippen molar-refractivity contribution in [2.45, 2.75) is 6.92 Å². The first-order valence-corrected chi connectivity index (χ1v) is 9.07. The third-order valence-electron chi connectivity index (χ3n) is 3.69. The largest absolute Gasteiger partial charge is 0.448 e. The first-order chi connectivity index (χ1) is 13.3. The predicted molar refractivity (Wildman–Crippen MR) is 108 cm³/mol. The van der Waals surface area contributed by atoms with Crippen LogP contribution in [0.1, 0.15) is 5.69 Å². The molecule has 0 saturated carbocycles. The van der Waals surface area contributed by atoms with Crippen LogP contribution < -0.4 is 9.47 Å². The minimum atomic E-state index is -0.593. The zero-order valence-electron chi connectivity index (χ0n) is 15.4. The lowest BCUT2D eigenvalue weighted by molar-refractivity contribution is 0.168. The predicted octanol–water partition coefficient (Wildman–Crippen LogP) is 5.61. The third kappa shape index (κ3) is 4.52. The van der Waals surface area contributed by atoms with E-state index >= 15 is 0 Å². The summed E-state index contributed by atoms with van der Waals surface area (Å²) in [4.78, 5) is 22.3. The van der Waals surface area contributed by atoms with Crippen molar-refractivity contribution >= 4 is 29.3 Å². The summed E-state index contributed by atoms with van der Waals surface area (Å²) in [5.74, 6) is 0.941. The summed E-state index contributed by atoms with van der Waals surface area (Å²) in [7, 11) is 3.15. The van der Waals surface area contributed by atoms with Gasteiger partial charge >= 0.3 is 6.09 Å². The smallest absolute Gasteiger partial charge is 0.416 e. The van der Waals surface area contributed by atoms with E-state index in [0.29, 0.717) is 27.3 Å². The van der Waals surface area contributed by atoms with Crippen LogP contribution in [-0.2, 0) is 0 Å². The molecule has 2 aromatic carbocycles. The van der Waals surface area contributed by atoms with E-state index in [1.807, 2.05) is 30.3 Å². The fraction of sp³-hybridized carbons (Fsp3) is 0.150. The molecule has 0 aliphatic carbocycles. The van der Waals surface area contributed by atoms with Crippen LogP contribution in [0.2, 0.25) is 10.0 Å². The van der Waals surface area contributed by atoms with E-state index in [0.717, 1.165) is 5.56 Å². The van der Waals surface area contributed by atoms with E-state index < -0.39 is 6.09 Å². The van der Waals surface area contributed by atoms with Gasteiger partial charge in [0, 0.05) is 24.7 Å². The van der Waals surface area contributed by atoms with Crippen LogP contribution in [0.15, 0.2) is 48.5 Å². The standard InChI is InChI=1S/C20H17Cl2N3O3/c1-12-17(27-16-10-9-14(21)11-15(16)22)19(28-20(26)25(2)3)24-18(23-12)13-7-5-4-6-8-13/h4-11H,1-3H3. The highest BCUT2D eigenvalue weighted by molar-refractivity contribution is 6.35. The number of hydrogen-bond acceptors (Lipinski definition) is 5. The van der Waals surface area contributed by atoms with Crippen LogP contribution in [0.25, 0.3) is 11.4 Å². The summed E-state index contributed by atoms with van der Waals surface area (Å²) in [6.45, 7) is 1.74. The number of carbonyl (C=O) groups excluding carboxylic acids is 1. The Labute approximate surface area is 172 Å². The van der Waals surface area contributed by atoms with Crippen molar-refractivity contribution in [1.82, 2.24) is 14.9 Å². The molecule has 0 unspecified atom stereocenters. The number of aryl methyl sites for hydroxylation is 1. The molecule has 0 saturated heterocycles. The lowest BCUT2D eigenvalue weighted by Gasteiger charge is -2.16. The van der Waals surface area contributed by atoms with E-state index in [2.05, 4.69) is 9.97 Å². The number of hydrogen-bond donors (Lipinski definition) is 0. The molecule has 0 fully saturated rings. The number of ether oxygens (including phenoxy) is 2. The first-order valence-electron chi connectivity index (χ1n) is 8.31. The molecular weight excluding hydrogens is 401 g/mol. The molecule has 0 spiro atoms. The van der Waals surface area contributed by atoms with Gasteiger partial charge in [0.2, 0.25) is 5.75 Å². The molecule has 0 aliphatic heterocycles. The maximum Gasteiger partial charge on any atom is 0.416 e. The van der Waals surface area contributed by atoms with E-state index in [1.165, 1.54) is 4.90 Å². The second-order valence-corrected chi connectivity index (χ2v) is 6.92. The van der Waals surface area contributed by atoms with Gasteiger partial charge in [0.1, 0.15) is 5.75 Å².